The number of fused-ring (bicyclic) bond motifs is 1. The highest BCUT2D eigenvalue weighted by molar-refractivity contribution is 6.30. The lowest BCUT2D eigenvalue weighted by atomic mass is 10.0. The van der Waals surface area contributed by atoms with Gasteiger partial charge >= 0.3 is 0 Å². The van der Waals surface area contributed by atoms with Gasteiger partial charge in [-0.2, -0.15) is 0 Å². The number of nitrogens with zero attached hydrogens (tertiary/aromatic N) is 2. The van der Waals surface area contributed by atoms with Gasteiger partial charge in [-0.1, -0.05) is 23.7 Å². The maximum absolute atomic E-state index is 6.11. The average Bonchev–Trinajstić information content (AvgIpc) is 2.87. The van der Waals surface area contributed by atoms with Crippen molar-refractivity contribution < 1.29 is 0 Å². The van der Waals surface area contributed by atoms with Gasteiger partial charge in [0.15, 0.2) is 0 Å². The Morgan fingerprint density at radius 1 is 1.32 bits per heavy atom. The van der Waals surface area contributed by atoms with E-state index < -0.39 is 0 Å². The maximum Gasteiger partial charge on any atom is 0.0472 e. The molecule has 2 unspecified atom stereocenters. The van der Waals surface area contributed by atoms with Gasteiger partial charge in [0.2, 0.25) is 0 Å². The van der Waals surface area contributed by atoms with Crippen LogP contribution in [0, 0.1) is 0 Å². The molecule has 3 nitrogen and oxygen atoms in total. The van der Waals surface area contributed by atoms with Crippen molar-refractivity contribution in [2.45, 2.75) is 24.9 Å². The molecule has 2 aliphatic rings. The molecule has 0 spiro atoms. The van der Waals surface area contributed by atoms with E-state index in [1.165, 1.54) is 31.5 Å². The van der Waals surface area contributed by atoms with Crippen LogP contribution in [-0.2, 0) is 0 Å². The fraction of sp³-hybridized carbons (Fsp3) is 0.600. The lowest BCUT2D eigenvalue weighted by Crippen LogP contribution is -2.52. The van der Waals surface area contributed by atoms with Crippen molar-refractivity contribution in [3.8, 4) is 0 Å². The predicted octanol–water partition coefficient (Wildman–Crippen LogP) is 2.12. The summed E-state index contributed by atoms with van der Waals surface area (Å²) in [6, 6.07) is 9.19. The molecular weight excluding hydrogens is 258 g/mol. The van der Waals surface area contributed by atoms with Gasteiger partial charge in [0.25, 0.3) is 0 Å². The third kappa shape index (κ3) is 2.79. The van der Waals surface area contributed by atoms with Crippen molar-refractivity contribution in [3.05, 3.63) is 34.9 Å². The second-order valence-electron chi connectivity index (χ2n) is 5.63. The van der Waals surface area contributed by atoms with Crippen molar-refractivity contribution >= 4 is 11.6 Å². The van der Waals surface area contributed by atoms with Gasteiger partial charge < -0.3 is 5.73 Å². The SMILES string of the molecule is NCC(c1cccc(Cl)c1)N1CCN2CCCC2C1. The van der Waals surface area contributed by atoms with Crippen LogP contribution >= 0.6 is 11.6 Å². The number of halogens is 1. The minimum absolute atomic E-state index is 0.307. The number of benzene rings is 1. The number of piperazine rings is 1. The van der Waals surface area contributed by atoms with Gasteiger partial charge in [-0.25, -0.2) is 0 Å². The molecule has 0 aromatic heterocycles. The molecule has 0 bridgehead atoms. The number of nitrogens with two attached hydrogens (primary N) is 1. The van der Waals surface area contributed by atoms with E-state index >= 15 is 0 Å². The highest BCUT2D eigenvalue weighted by Gasteiger charge is 2.33. The molecule has 4 heteroatoms. The van der Waals surface area contributed by atoms with Gasteiger partial charge in [-0.15, -0.1) is 0 Å². The van der Waals surface area contributed by atoms with E-state index in [-0.39, 0.29) is 0 Å². The van der Waals surface area contributed by atoms with Crippen LogP contribution in [0.4, 0.5) is 0 Å². The summed E-state index contributed by atoms with van der Waals surface area (Å²) in [6.07, 6.45) is 2.69. The summed E-state index contributed by atoms with van der Waals surface area (Å²) in [5, 5.41) is 0.801. The van der Waals surface area contributed by atoms with E-state index in [1.54, 1.807) is 0 Å². The van der Waals surface area contributed by atoms with Crippen LogP contribution in [0.3, 0.4) is 0 Å². The molecule has 1 aromatic carbocycles. The average molecular weight is 280 g/mol. The van der Waals surface area contributed by atoms with Crippen molar-refractivity contribution in [2.24, 2.45) is 5.73 Å². The van der Waals surface area contributed by atoms with Crippen molar-refractivity contribution in [2.75, 3.05) is 32.7 Å². The third-order valence-electron chi connectivity index (χ3n) is 4.52. The van der Waals surface area contributed by atoms with Gasteiger partial charge in [0.1, 0.15) is 0 Å². The summed E-state index contributed by atoms with van der Waals surface area (Å²) in [4.78, 5) is 5.17. The monoisotopic (exact) mass is 279 g/mol. The Kier molecular flexibility index (Phi) is 4.08. The Bertz CT molecular complexity index is 437. The standard InChI is InChI=1S/C15H22ClN3/c16-13-4-1-3-12(9-13)15(10-17)19-8-7-18-6-2-5-14(18)11-19/h1,3-4,9,14-15H,2,5-8,10-11,17H2. The molecule has 2 saturated heterocycles. The number of hydrogen-bond acceptors (Lipinski definition) is 3. The highest BCUT2D eigenvalue weighted by atomic mass is 35.5. The molecule has 2 aliphatic heterocycles. The Morgan fingerprint density at radius 3 is 3.00 bits per heavy atom. The molecule has 2 N–H and O–H groups in total. The summed E-state index contributed by atoms with van der Waals surface area (Å²) in [5.74, 6) is 0. The molecule has 2 atom stereocenters. The van der Waals surface area contributed by atoms with Crippen molar-refractivity contribution in [1.29, 1.82) is 0 Å². The molecule has 104 valence electrons. The van der Waals surface area contributed by atoms with Gasteiger partial charge in [0, 0.05) is 43.3 Å². The van der Waals surface area contributed by atoms with Gasteiger partial charge in [-0.3, -0.25) is 9.80 Å². The lowest BCUT2D eigenvalue weighted by Gasteiger charge is -2.41. The summed E-state index contributed by atoms with van der Waals surface area (Å²) < 4.78 is 0. The van der Waals surface area contributed by atoms with E-state index in [2.05, 4.69) is 21.9 Å². The van der Waals surface area contributed by atoms with Crippen molar-refractivity contribution in [3.63, 3.8) is 0 Å². The third-order valence-corrected chi connectivity index (χ3v) is 4.75. The molecule has 19 heavy (non-hydrogen) atoms. The summed E-state index contributed by atoms with van der Waals surface area (Å²) in [7, 11) is 0. The predicted molar refractivity (Wildman–Crippen MR) is 79.4 cm³/mol. The summed E-state index contributed by atoms with van der Waals surface area (Å²) in [6.45, 7) is 5.39. The summed E-state index contributed by atoms with van der Waals surface area (Å²) >= 11 is 6.11. The van der Waals surface area contributed by atoms with Crippen LogP contribution in [0.15, 0.2) is 24.3 Å². The Hall–Kier alpha value is -0.610. The molecule has 2 heterocycles. The first-order chi connectivity index (χ1) is 9.28. The smallest absolute Gasteiger partial charge is 0.0472 e. The van der Waals surface area contributed by atoms with Crippen LogP contribution in [-0.4, -0.2) is 48.6 Å². The second-order valence-corrected chi connectivity index (χ2v) is 6.07. The van der Waals surface area contributed by atoms with Crippen LogP contribution in [0.1, 0.15) is 24.4 Å². The topological polar surface area (TPSA) is 32.5 Å². The van der Waals surface area contributed by atoms with Crippen LogP contribution in [0.25, 0.3) is 0 Å². The molecule has 3 rings (SSSR count). The van der Waals surface area contributed by atoms with Gasteiger partial charge in [0.05, 0.1) is 0 Å². The lowest BCUT2D eigenvalue weighted by molar-refractivity contribution is 0.0737. The van der Waals surface area contributed by atoms with E-state index in [4.69, 9.17) is 17.3 Å². The van der Waals surface area contributed by atoms with E-state index in [0.29, 0.717) is 12.6 Å². The fourth-order valence-electron chi connectivity index (χ4n) is 3.51. The first kappa shape index (κ1) is 13.4. The normalized spacial score (nSPS) is 26.3. The first-order valence-electron chi connectivity index (χ1n) is 7.21. The largest absolute Gasteiger partial charge is 0.329 e. The van der Waals surface area contributed by atoms with E-state index in [1.807, 2.05) is 12.1 Å². The zero-order valence-corrected chi connectivity index (χ0v) is 12.0. The van der Waals surface area contributed by atoms with Crippen molar-refractivity contribution in [1.82, 2.24) is 9.80 Å². The minimum Gasteiger partial charge on any atom is -0.329 e. The molecule has 0 aliphatic carbocycles. The number of hydrogen-bond donors (Lipinski definition) is 1. The molecule has 0 saturated carbocycles. The van der Waals surface area contributed by atoms with Crippen LogP contribution in [0.5, 0.6) is 0 Å². The zero-order valence-electron chi connectivity index (χ0n) is 11.3. The van der Waals surface area contributed by atoms with Gasteiger partial charge in [-0.05, 0) is 37.1 Å². The maximum atomic E-state index is 6.11. The van der Waals surface area contributed by atoms with Crippen LogP contribution in [0.2, 0.25) is 5.02 Å². The molecule has 0 radical (unpaired) electrons. The second kappa shape index (κ2) is 5.80. The number of rotatable bonds is 3. The Balaban J connectivity index is 1.75. The quantitative estimate of drug-likeness (QED) is 0.920. The molecular formula is C15H22ClN3. The molecule has 2 fully saturated rings. The van der Waals surface area contributed by atoms with E-state index in [0.717, 1.165) is 24.2 Å². The zero-order chi connectivity index (χ0) is 13.2. The Labute approximate surface area is 120 Å². The van der Waals surface area contributed by atoms with Crippen LogP contribution < -0.4 is 5.73 Å². The first-order valence-corrected chi connectivity index (χ1v) is 7.59. The summed E-state index contributed by atoms with van der Waals surface area (Å²) in [5.41, 5.74) is 7.28. The molecule has 1 aromatic rings. The fourth-order valence-corrected chi connectivity index (χ4v) is 3.71. The molecule has 0 amide bonds. The van der Waals surface area contributed by atoms with E-state index in [9.17, 15) is 0 Å². The highest BCUT2D eigenvalue weighted by Crippen LogP contribution is 2.28. The minimum atomic E-state index is 0.307. The Morgan fingerprint density at radius 2 is 2.21 bits per heavy atom.